The zero-order valence-corrected chi connectivity index (χ0v) is 10.2. The monoisotopic (exact) mass is 235 g/mol. The average molecular weight is 235 g/mol. The minimum Gasteiger partial charge on any atom is -0.484 e. The van der Waals surface area contributed by atoms with E-state index >= 15 is 0 Å². The normalized spacial score (nSPS) is 14.5. The molecule has 1 aromatic carbocycles. The number of benzene rings is 1. The van der Waals surface area contributed by atoms with E-state index in [9.17, 15) is 4.79 Å². The molecule has 1 aliphatic carbocycles. The lowest BCUT2D eigenvalue weighted by atomic mass is 10.1. The highest BCUT2D eigenvalue weighted by Crippen LogP contribution is 2.40. The maximum absolute atomic E-state index is 11.5. The topological polar surface area (TPSA) is 38.8 Å². The van der Waals surface area contributed by atoms with Crippen LogP contribution in [0.15, 0.2) is 24.3 Å². The molecule has 2 rings (SSSR count). The van der Waals surface area contributed by atoms with Gasteiger partial charge >= 0.3 is 0 Å². The van der Waals surface area contributed by atoms with Crippen molar-refractivity contribution in [3.05, 3.63) is 29.8 Å². The zero-order chi connectivity index (χ0) is 12.3. The van der Waals surface area contributed by atoms with E-state index in [1.807, 2.05) is 18.2 Å². The maximum Gasteiger partial charge on any atom is 0.283 e. The Labute approximate surface area is 101 Å². The van der Waals surface area contributed by atoms with E-state index in [2.05, 4.69) is 6.07 Å². The molecule has 0 N–H and O–H groups in total. The Balaban J connectivity index is 1.90. The van der Waals surface area contributed by atoms with E-state index in [0.29, 0.717) is 5.92 Å². The molecule has 1 aliphatic rings. The first-order chi connectivity index (χ1) is 8.20. The molecule has 4 nitrogen and oxygen atoms in total. The summed E-state index contributed by atoms with van der Waals surface area (Å²) >= 11 is 0. The van der Waals surface area contributed by atoms with Gasteiger partial charge in [-0.1, -0.05) is 12.1 Å². The van der Waals surface area contributed by atoms with Crippen molar-refractivity contribution in [1.29, 1.82) is 0 Å². The molecule has 92 valence electrons. The van der Waals surface area contributed by atoms with Crippen LogP contribution in [0.2, 0.25) is 0 Å². The SMILES string of the molecule is CON(C)C(=O)COc1cccc(C2CC2)c1. The van der Waals surface area contributed by atoms with Crippen LogP contribution < -0.4 is 4.74 Å². The molecule has 0 radical (unpaired) electrons. The quantitative estimate of drug-likeness (QED) is 0.732. The van der Waals surface area contributed by atoms with Gasteiger partial charge in [-0.15, -0.1) is 0 Å². The van der Waals surface area contributed by atoms with Gasteiger partial charge < -0.3 is 4.74 Å². The predicted octanol–water partition coefficient (Wildman–Crippen LogP) is 1.96. The predicted molar refractivity (Wildman–Crippen MR) is 63.7 cm³/mol. The van der Waals surface area contributed by atoms with E-state index in [4.69, 9.17) is 9.57 Å². The van der Waals surface area contributed by atoms with Crippen molar-refractivity contribution in [2.45, 2.75) is 18.8 Å². The lowest BCUT2D eigenvalue weighted by molar-refractivity contribution is -0.170. The van der Waals surface area contributed by atoms with Crippen molar-refractivity contribution in [2.24, 2.45) is 0 Å². The molecule has 1 saturated carbocycles. The summed E-state index contributed by atoms with van der Waals surface area (Å²) in [6.45, 7) is -0.00153. The van der Waals surface area contributed by atoms with Crippen molar-refractivity contribution >= 4 is 5.91 Å². The lowest BCUT2D eigenvalue weighted by Crippen LogP contribution is -2.30. The summed E-state index contributed by atoms with van der Waals surface area (Å²) in [5.74, 6) is 1.23. The number of likely N-dealkylation sites (N-methyl/N-ethyl adjacent to an activating group) is 1. The van der Waals surface area contributed by atoms with Crippen LogP contribution in [0.3, 0.4) is 0 Å². The molecule has 17 heavy (non-hydrogen) atoms. The molecule has 0 aliphatic heterocycles. The van der Waals surface area contributed by atoms with Crippen molar-refractivity contribution in [2.75, 3.05) is 20.8 Å². The fourth-order valence-electron chi connectivity index (χ4n) is 1.61. The third-order valence-corrected chi connectivity index (χ3v) is 2.89. The van der Waals surface area contributed by atoms with Gasteiger partial charge in [-0.3, -0.25) is 9.63 Å². The van der Waals surface area contributed by atoms with Crippen molar-refractivity contribution in [3.8, 4) is 5.75 Å². The highest BCUT2D eigenvalue weighted by atomic mass is 16.7. The summed E-state index contributed by atoms with van der Waals surface area (Å²) in [6, 6.07) is 7.95. The Kier molecular flexibility index (Phi) is 3.64. The molecule has 1 fully saturated rings. The Morgan fingerprint density at radius 3 is 2.88 bits per heavy atom. The van der Waals surface area contributed by atoms with Crippen molar-refractivity contribution < 1.29 is 14.4 Å². The number of hydroxylamine groups is 2. The second-order valence-corrected chi connectivity index (χ2v) is 4.21. The van der Waals surface area contributed by atoms with Gasteiger partial charge in [0.1, 0.15) is 5.75 Å². The number of carbonyl (C=O) groups excluding carboxylic acids is 1. The van der Waals surface area contributed by atoms with Gasteiger partial charge in [0.25, 0.3) is 5.91 Å². The van der Waals surface area contributed by atoms with Crippen LogP contribution in [0.1, 0.15) is 24.3 Å². The summed E-state index contributed by atoms with van der Waals surface area (Å²) in [6.07, 6.45) is 2.52. The average Bonchev–Trinajstić information content (AvgIpc) is 3.19. The minimum atomic E-state index is -0.204. The number of ether oxygens (including phenoxy) is 1. The summed E-state index contributed by atoms with van der Waals surface area (Å²) in [5.41, 5.74) is 1.30. The highest BCUT2D eigenvalue weighted by Gasteiger charge is 2.23. The van der Waals surface area contributed by atoms with E-state index in [1.54, 1.807) is 7.05 Å². The summed E-state index contributed by atoms with van der Waals surface area (Å²) in [5, 5.41) is 1.16. The second-order valence-electron chi connectivity index (χ2n) is 4.21. The fourth-order valence-corrected chi connectivity index (χ4v) is 1.61. The largest absolute Gasteiger partial charge is 0.484 e. The number of carbonyl (C=O) groups is 1. The van der Waals surface area contributed by atoms with E-state index < -0.39 is 0 Å². The summed E-state index contributed by atoms with van der Waals surface area (Å²) in [4.78, 5) is 16.2. The van der Waals surface area contributed by atoms with Gasteiger partial charge in [0, 0.05) is 7.05 Å². The third-order valence-electron chi connectivity index (χ3n) is 2.89. The fraction of sp³-hybridized carbons (Fsp3) is 0.462. The molecule has 0 heterocycles. The van der Waals surface area contributed by atoms with E-state index in [1.165, 1.54) is 25.5 Å². The molecule has 0 atom stereocenters. The van der Waals surface area contributed by atoms with E-state index in [0.717, 1.165) is 10.8 Å². The van der Waals surface area contributed by atoms with Crippen LogP contribution in [-0.4, -0.2) is 31.7 Å². The van der Waals surface area contributed by atoms with Crippen molar-refractivity contribution in [1.82, 2.24) is 5.06 Å². The van der Waals surface area contributed by atoms with Gasteiger partial charge in [0.15, 0.2) is 6.61 Å². The first kappa shape index (κ1) is 11.9. The smallest absolute Gasteiger partial charge is 0.283 e. The standard InChI is InChI=1S/C13H17NO3/c1-14(16-2)13(15)9-17-12-5-3-4-11(8-12)10-6-7-10/h3-5,8,10H,6-7,9H2,1-2H3. The van der Waals surface area contributed by atoms with Crippen molar-refractivity contribution in [3.63, 3.8) is 0 Å². The van der Waals surface area contributed by atoms with Crippen LogP contribution in [0.4, 0.5) is 0 Å². The maximum atomic E-state index is 11.5. The second kappa shape index (κ2) is 5.19. The Morgan fingerprint density at radius 1 is 1.47 bits per heavy atom. The number of nitrogens with zero attached hydrogens (tertiary/aromatic N) is 1. The molecule has 1 amide bonds. The summed E-state index contributed by atoms with van der Waals surface area (Å²) < 4.78 is 5.44. The van der Waals surface area contributed by atoms with Crippen LogP contribution >= 0.6 is 0 Å². The molecule has 0 unspecified atom stereocenters. The Hall–Kier alpha value is -1.55. The van der Waals surface area contributed by atoms with Gasteiger partial charge in [-0.25, -0.2) is 5.06 Å². The molecule has 0 bridgehead atoms. The molecule has 0 aromatic heterocycles. The molecule has 4 heteroatoms. The number of rotatable bonds is 5. The number of amides is 1. The molecule has 0 saturated heterocycles. The van der Waals surface area contributed by atoms with Gasteiger partial charge in [0.05, 0.1) is 7.11 Å². The van der Waals surface area contributed by atoms with Crippen LogP contribution in [-0.2, 0) is 9.63 Å². The van der Waals surface area contributed by atoms with Gasteiger partial charge in [-0.05, 0) is 36.5 Å². The molecular formula is C13H17NO3. The van der Waals surface area contributed by atoms with E-state index in [-0.39, 0.29) is 12.5 Å². The first-order valence-electron chi connectivity index (χ1n) is 5.74. The minimum absolute atomic E-state index is 0.00153. The van der Waals surface area contributed by atoms with Crippen LogP contribution in [0.25, 0.3) is 0 Å². The van der Waals surface area contributed by atoms with Crippen LogP contribution in [0.5, 0.6) is 5.75 Å². The summed E-state index contributed by atoms with van der Waals surface area (Å²) in [7, 11) is 3.01. The number of hydrogen-bond acceptors (Lipinski definition) is 3. The van der Waals surface area contributed by atoms with Crippen LogP contribution in [0, 0.1) is 0 Å². The highest BCUT2D eigenvalue weighted by molar-refractivity contribution is 5.76. The molecule has 0 spiro atoms. The molecule has 1 aromatic rings. The number of hydrogen-bond donors (Lipinski definition) is 0. The molecular weight excluding hydrogens is 218 g/mol. The van der Waals surface area contributed by atoms with Gasteiger partial charge in [-0.2, -0.15) is 0 Å². The zero-order valence-electron chi connectivity index (χ0n) is 10.2. The third kappa shape index (κ3) is 3.20. The Morgan fingerprint density at radius 2 is 2.24 bits per heavy atom. The lowest BCUT2D eigenvalue weighted by Gasteiger charge is -2.14. The first-order valence-corrected chi connectivity index (χ1v) is 5.74. The Bertz CT molecular complexity index is 401. The van der Waals surface area contributed by atoms with Gasteiger partial charge in [0.2, 0.25) is 0 Å².